The number of aromatic nitrogens is 1. The van der Waals surface area contributed by atoms with Gasteiger partial charge in [-0.2, -0.15) is 0 Å². The number of hydrogen-bond donors (Lipinski definition) is 1. The normalized spacial score (nSPS) is 11.2. The van der Waals surface area contributed by atoms with Crippen LogP contribution in [0, 0.1) is 0 Å². The molecule has 0 saturated heterocycles. The highest BCUT2D eigenvalue weighted by Crippen LogP contribution is 2.23. The van der Waals surface area contributed by atoms with Gasteiger partial charge in [0.25, 0.3) is 6.43 Å². The lowest BCUT2D eigenvalue weighted by molar-refractivity contribution is 0.147. The molecule has 0 unspecified atom stereocenters. The molecule has 0 radical (unpaired) electrons. The van der Waals surface area contributed by atoms with Crippen molar-refractivity contribution in [2.45, 2.75) is 64.7 Å². The fourth-order valence-corrected chi connectivity index (χ4v) is 2.65. The SMILES string of the molecule is CCCCCCCCCCNc1nc(C(F)F)cs1. The predicted octanol–water partition coefficient (Wildman–Crippen LogP) is 5.63. The number of nitrogens with zero attached hydrogens (tertiary/aromatic N) is 1. The minimum absolute atomic E-state index is 0.122. The fourth-order valence-electron chi connectivity index (χ4n) is 1.92. The number of thiazole rings is 1. The zero-order valence-corrected chi connectivity index (χ0v) is 12.4. The van der Waals surface area contributed by atoms with Crippen LogP contribution in [-0.4, -0.2) is 11.5 Å². The minimum atomic E-state index is -2.46. The quantitative estimate of drug-likeness (QED) is 0.534. The molecule has 0 aliphatic heterocycles. The summed E-state index contributed by atoms with van der Waals surface area (Å²) in [5, 5.41) is 5.13. The second-order valence-corrected chi connectivity index (χ2v) is 5.64. The number of nitrogens with one attached hydrogen (secondary N) is 1. The molecule has 0 aliphatic carbocycles. The topological polar surface area (TPSA) is 24.9 Å². The van der Waals surface area contributed by atoms with Gasteiger partial charge in [-0.15, -0.1) is 11.3 Å². The van der Waals surface area contributed by atoms with E-state index in [2.05, 4.69) is 17.2 Å². The van der Waals surface area contributed by atoms with Gasteiger partial charge in [0.15, 0.2) is 5.13 Å². The summed E-state index contributed by atoms with van der Waals surface area (Å²) in [5.41, 5.74) is -0.122. The van der Waals surface area contributed by atoms with Crippen molar-refractivity contribution in [3.63, 3.8) is 0 Å². The molecule has 0 bridgehead atoms. The third kappa shape index (κ3) is 7.45. The Kier molecular flexibility index (Phi) is 8.71. The molecule has 0 atom stereocenters. The van der Waals surface area contributed by atoms with Gasteiger partial charge in [0.2, 0.25) is 0 Å². The van der Waals surface area contributed by atoms with Gasteiger partial charge in [0, 0.05) is 11.9 Å². The number of hydrogen-bond acceptors (Lipinski definition) is 3. The maximum absolute atomic E-state index is 12.3. The maximum Gasteiger partial charge on any atom is 0.281 e. The number of unbranched alkanes of at least 4 members (excludes halogenated alkanes) is 7. The largest absolute Gasteiger partial charge is 0.362 e. The van der Waals surface area contributed by atoms with Crippen molar-refractivity contribution in [3.8, 4) is 0 Å². The van der Waals surface area contributed by atoms with Crippen molar-refractivity contribution in [1.82, 2.24) is 4.98 Å². The molecule has 19 heavy (non-hydrogen) atoms. The van der Waals surface area contributed by atoms with Gasteiger partial charge < -0.3 is 5.32 Å². The average molecular weight is 290 g/mol. The molecule has 1 heterocycles. The highest BCUT2D eigenvalue weighted by atomic mass is 32.1. The van der Waals surface area contributed by atoms with Crippen molar-refractivity contribution in [2.75, 3.05) is 11.9 Å². The summed E-state index contributed by atoms with van der Waals surface area (Å²) in [4.78, 5) is 3.83. The van der Waals surface area contributed by atoms with Crippen LogP contribution in [0.5, 0.6) is 0 Å². The van der Waals surface area contributed by atoms with E-state index in [1.807, 2.05) is 0 Å². The molecular formula is C14H24F2N2S. The molecule has 5 heteroatoms. The first-order valence-corrected chi connectivity index (χ1v) is 8.09. The number of rotatable bonds is 11. The summed E-state index contributed by atoms with van der Waals surface area (Å²) in [6, 6.07) is 0. The Balaban J connectivity index is 1.95. The van der Waals surface area contributed by atoms with Crippen LogP contribution in [-0.2, 0) is 0 Å². The van der Waals surface area contributed by atoms with Crippen LogP contribution in [0.15, 0.2) is 5.38 Å². The second-order valence-electron chi connectivity index (χ2n) is 4.78. The molecule has 0 fully saturated rings. The van der Waals surface area contributed by atoms with Crippen LogP contribution in [0.2, 0.25) is 0 Å². The summed E-state index contributed by atoms with van der Waals surface area (Å²) >= 11 is 1.25. The van der Waals surface area contributed by atoms with Crippen molar-refractivity contribution in [1.29, 1.82) is 0 Å². The van der Waals surface area contributed by atoms with E-state index in [0.717, 1.165) is 13.0 Å². The Morgan fingerprint density at radius 2 is 1.74 bits per heavy atom. The maximum atomic E-state index is 12.3. The molecule has 2 nitrogen and oxygen atoms in total. The first kappa shape index (κ1) is 16.3. The van der Waals surface area contributed by atoms with Gasteiger partial charge in [-0.1, -0.05) is 51.9 Å². The minimum Gasteiger partial charge on any atom is -0.362 e. The summed E-state index contributed by atoms with van der Waals surface area (Å²) in [7, 11) is 0. The zero-order valence-electron chi connectivity index (χ0n) is 11.6. The van der Waals surface area contributed by atoms with Crippen LogP contribution in [0.4, 0.5) is 13.9 Å². The predicted molar refractivity (Wildman–Crippen MR) is 78.2 cm³/mol. The van der Waals surface area contributed by atoms with Crippen molar-refractivity contribution >= 4 is 16.5 Å². The molecule has 110 valence electrons. The van der Waals surface area contributed by atoms with Crippen molar-refractivity contribution in [2.24, 2.45) is 0 Å². The number of alkyl halides is 2. The summed E-state index contributed by atoms with van der Waals surface area (Å²) in [6.45, 7) is 3.05. The number of anilines is 1. The first-order valence-electron chi connectivity index (χ1n) is 7.21. The van der Waals surface area contributed by atoms with Crippen LogP contribution < -0.4 is 5.32 Å². The molecule has 1 aromatic heterocycles. The zero-order chi connectivity index (χ0) is 13.9. The van der Waals surface area contributed by atoms with Crippen LogP contribution >= 0.6 is 11.3 Å². The third-order valence-electron chi connectivity index (χ3n) is 3.05. The standard InChI is InChI=1S/C14H24F2N2S/c1-2-3-4-5-6-7-8-9-10-17-14-18-12(11-19-14)13(15)16/h11,13H,2-10H2,1H3,(H,17,18). The van der Waals surface area contributed by atoms with E-state index in [0.29, 0.717) is 5.13 Å². The molecule has 0 aromatic carbocycles. The molecule has 1 aromatic rings. The lowest BCUT2D eigenvalue weighted by Gasteiger charge is -2.03. The number of halogens is 2. The average Bonchev–Trinajstić information content (AvgIpc) is 2.86. The first-order chi connectivity index (χ1) is 9.24. The van der Waals surface area contributed by atoms with Gasteiger partial charge >= 0.3 is 0 Å². The van der Waals surface area contributed by atoms with E-state index in [1.165, 1.54) is 61.7 Å². The highest BCUT2D eigenvalue weighted by Gasteiger charge is 2.11. The summed E-state index contributed by atoms with van der Waals surface area (Å²) in [6.07, 6.45) is 7.73. The van der Waals surface area contributed by atoms with Crippen LogP contribution in [0.3, 0.4) is 0 Å². The Bertz CT molecular complexity index is 329. The smallest absolute Gasteiger partial charge is 0.281 e. The Morgan fingerprint density at radius 3 is 2.32 bits per heavy atom. The van der Waals surface area contributed by atoms with Gasteiger partial charge in [0.1, 0.15) is 5.69 Å². The third-order valence-corrected chi connectivity index (χ3v) is 3.87. The fraction of sp³-hybridized carbons (Fsp3) is 0.786. The van der Waals surface area contributed by atoms with Crippen LogP contribution in [0.25, 0.3) is 0 Å². The Labute approximate surface area is 118 Å². The van der Waals surface area contributed by atoms with Crippen LogP contribution in [0.1, 0.15) is 70.4 Å². The highest BCUT2D eigenvalue weighted by molar-refractivity contribution is 7.13. The lowest BCUT2D eigenvalue weighted by Crippen LogP contribution is -2.01. The van der Waals surface area contributed by atoms with Gasteiger partial charge in [-0.25, -0.2) is 13.8 Å². The van der Waals surface area contributed by atoms with Crippen molar-refractivity contribution < 1.29 is 8.78 Å². The molecule has 0 spiro atoms. The van der Waals surface area contributed by atoms with E-state index >= 15 is 0 Å². The lowest BCUT2D eigenvalue weighted by atomic mass is 10.1. The molecule has 1 N–H and O–H groups in total. The van der Waals surface area contributed by atoms with E-state index in [4.69, 9.17) is 0 Å². The summed E-state index contributed by atoms with van der Waals surface area (Å²) in [5.74, 6) is 0. The molecular weight excluding hydrogens is 266 g/mol. The monoisotopic (exact) mass is 290 g/mol. The Hall–Kier alpha value is -0.710. The molecule has 0 amide bonds. The van der Waals surface area contributed by atoms with E-state index in [-0.39, 0.29) is 5.69 Å². The Morgan fingerprint density at radius 1 is 1.11 bits per heavy atom. The van der Waals surface area contributed by atoms with Crippen molar-refractivity contribution in [3.05, 3.63) is 11.1 Å². The molecule has 0 saturated carbocycles. The van der Waals surface area contributed by atoms with E-state index in [9.17, 15) is 8.78 Å². The molecule has 0 aliphatic rings. The summed E-state index contributed by atoms with van der Waals surface area (Å²) < 4.78 is 24.6. The van der Waals surface area contributed by atoms with Gasteiger partial charge in [-0.3, -0.25) is 0 Å². The van der Waals surface area contributed by atoms with E-state index < -0.39 is 6.43 Å². The van der Waals surface area contributed by atoms with E-state index in [1.54, 1.807) is 0 Å². The second kappa shape index (κ2) is 10.1. The van der Waals surface area contributed by atoms with Gasteiger partial charge in [0.05, 0.1) is 0 Å². The van der Waals surface area contributed by atoms with Gasteiger partial charge in [-0.05, 0) is 6.42 Å². The molecule has 1 rings (SSSR count).